The molecule has 0 radical (unpaired) electrons. The normalized spacial score (nSPS) is 21.8. The summed E-state index contributed by atoms with van der Waals surface area (Å²) in [7, 11) is 0. The Labute approximate surface area is 85.6 Å². The molecule has 1 N–H and O–H groups in total. The zero-order chi connectivity index (χ0) is 9.10. The zero-order valence-corrected chi connectivity index (χ0v) is 8.75. The average Bonchev–Trinajstić information content (AvgIpc) is 2.62. The van der Waals surface area contributed by atoms with Gasteiger partial charge in [0.15, 0.2) is 0 Å². The van der Waals surface area contributed by atoms with E-state index in [1.54, 1.807) is 6.20 Å². The number of anilines is 1. The Hall–Kier alpha value is -0.610. The maximum absolute atomic E-state index is 5.25. The summed E-state index contributed by atoms with van der Waals surface area (Å²) in [5.41, 5.74) is 0. The molecule has 1 atom stereocenters. The van der Waals surface area contributed by atoms with E-state index in [0.717, 1.165) is 29.9 Å². The Kier molecular flexibility index (Phi) is 2.80. The Balaban J connectivity index is 1.97. The lowest BCUT2D eigenvalue weighted by molar-refractivity contribution is 0.195. The van der Waals surface area contributed by atoms with Crippen LogP contribution in [0.3, 0.4) is 0 Å². The third kappa shape index (κ3) is 2.42. The molecule has 1 fully saturated rings. The van der Waals surface area contributed by atoms with Gasteiger partial charge < -0.3 is 10.1 Å². The molecule has 1 aromatic heterocycles. The Morgan fingerprint density at radius 2 is 2.46 bits per heavy atom. The molecule has 2 heterocycles. The van der Waals surface area contributed by atoms with Gasteiger partial charge in [-0.25, -0.2) is 4.98 Å². The highest BCUT2D eigenvalue weighted by molar-refractivity contribution is 9.10. The van der Waals surface area contributed by atoms with Crippen molar-refractivity contribution in [2.75, 3.05) is 18.5 Å². The number of aromatic nitrogens is 1. The van der Waals surface area contributed by atoms with Crippen molar-refractivity contribution in [1.82, 2.24) is 4.98 Å². The van der Waals surface area contributed by atoms with Crippen molar-refractivity contribution in [2.45, 2.75) is 12.5 Å². The van der Waals surface area contributed by atoms with Crippen molar-refractivity contribution in [1.29, 1.82) is 0 Å². The van der Waals surface area contributed by atoms with Gasteiger partial charge in [0, 0.05) is 17.3 Å². The first-order valence-electron chi connectivity index (χ1n) is 4.30. The van der Waals surface area contributed by atoms with Crippen LogP contribution in [0.25, 0.3) is 0 Å². The summed E-state index contributed by atoms with van der Waals surface area (Å²) >= 11 is 3.34. The Morgan fingerprint density at radius 3 is 3.08 bits per heavy atom. The third-order valence-corrected chi connectivity index (χ3v) is 2.48. The Morgan fingerprint density at radius 1 is 1.54 bits per heavy atom. The monoisotopic (exact) mass is 242 g/mol. The number of nitrogens with one attached hydrogen (secondary N) is 1. The molecular formula is C9H11BrN2O. The Bertz CT molecular complexity index is 269. The second-order valence-electron chi connectivity index (χ2n) is 3.07. The predicted molar refractivity (Wildman–Crippen MR) is 54.8 cm³/mol. The lowest BCUT2D eigenvalue weighted by atomic mass is 10.2. The van der Waals surface area contributed by atoms with Crippen LogP contribution < -0.4 is 5.32 Å². The molecule has 3 nitrogen and oxygen atoms in total. The number of hydrogen-bond acceptors (Lipinski definition) is 3. The summed E-state index contributed by atoms with van der Waals surface area (Å²) in [6.45, 7) is 1.64. The number of rotatable bonds is 2. The van der Waals surface area contributed by atoms with Crippen molar-refractivity contribution in [3.8, 4) is 0 Å². The van der Waals surface area contributed by atoms with E-state index in [1.165, 1.54) is 0 Å². The van der Waals surface area contributed by atoms with Gasteiger partial charge in [0.05, 0.1) is 12.6 Å². The SMILES string of the molecule is Brc1ccc(NC2CCOC2)nc1. The maximum Gasteiger partial charge on any atom is 0.126 e. The fourth-order valence-electron chi connectivity index (χ4n) is 1.32. The fraction of sp³-hybridized carbons (Fsp3) is 0.444. The highest BCUT2D eigenvalue weighted by Gasteiger charge is 2.14. The van der Waals surface area contributed by atoms with Crippen molar-refractivity contribution >= 4 is 21.7 Å². The van der Waals surface area contributed by atoms with E-state index >= 15 is 0 Å². The first-order valence-corrected chi connectivity index (χ1v) is 5.10. The van der Waals surface area contributed by atoms with Gasteiger partial charge in [-0.05, 0) is 34.5 Å². The largest absolute Gasteiger partial charge is 0.379 e. The van der Waals surface area contributed by atoms with Crippen LogP contribution >= 0.6 is 15.9 Å². The fourth-order valence-corrected chi connectivity index (χ4v) is 1.55. The molecule has 4 heteroatoms. The summed E-state index contributed by atoms with van der Waals surface area (Å²) in [6.07, 6.45) is 2.86. The van der Waals surface area contributed by atoms with Crippen LogP contribution in [-0.2, 0) is 4.74 Å². The van der Waals surface area contributed by atoms with Gasteiger partial charge in [-0.2, -0.15) is 0 Å². The van der Waals surface area contributed by atoms with Crippen molar-refractivity contribution < 1.29 is 4.74 Å². The van der Waals surface area contributed by atoms with Gasteiger partial charge in [0.25, 0.3) is 0 Å². The number of hydrogen-bond donors (Lipinski definition) is 1. The van der Waals surface area contributed by atoms with E-state index in [9.17, 15) is 0 Å². The van der Waals surface area contributed by atoms with E-state index in [0.29, 0.717) is 6.04 Å². The highest BCUT2D eigenvalue weighted by Crippen LogP contribution is 2.14. The molecule has 0 amide bonds. The van der Waals surface area contributed by atoms with Crippen molar-refractivity contribution in [3.63, 3.8) is 0 Å². The van der Waals surface area contributed by atoms with E-state index < -0.39 is 0 Å². The van der Waals surface area contributed by atoms with Gasteiger partial charge in [-0.1, -0.05) is 0 Å². The van der Waals surface area contributed by atoms with Gasteiger partial charge >= 0.3 is 0 Å². The van der Waals surface area contributed by atoms with Gasteiger partial charge in [-0.3, -0.25) is 0 Å². The van der Waals surface area contributed by atoms with Crippen molar-refractivity contribution in [3.05, 3.63) is 22.8 Å². The highest BCUT2D eigenvalue weighted by atomic mass is 79.9. The number of halogens is 1. The third-order valence-electron chi connectivity index (χ3n) is 2.01. The smallest absolute Gasteiger partial charge is 0.126 e. The molecule has 0 spiro atoms. The van der Waals surface area contributed by atoms with E-state index in [1.807, 2.05) is 12.1 Å². The molecule has 1 aromatic rings. The van der Waals surface area contributed by atoms with Gasteiger partial charge in [-0.15, -0.1) is 0 Å². The minimum atomic E-state index is 0.425. The van der Waals surface area contributed by atoms with Crippen LogP contribution in [0.2, 0.25) is 0 Å². The van der Waals surface area contributed by atoms with Gasteiger partial charge in [0.2, 0.25) is 0 Å². The van der Waals surface area contributed by atoms with Gasteiger partial charge in [0.1, 0.15) is 5.82 Å². The molecule has 1 aliphatic rings. The van der Waals surface area contributed by atoms with Crippen LogP contribution in [0.4, 0.5) is 5.82 Å². The second-order valence-corrected chi connectivity index (χ2v) is 3.98. The van der Waals surface area contributed by atoms with Crippen LogP contribution in [0.1, 0.15) is 6.42 Å². The molecule has 1 aliphatic heterocycles. The number of nitrogens with zero attached hydrogens (tertiary/aromatic N) is 1. The summed E-state index contributed by atoms with van der Waals surface area (Å²) in [5.74, 6) is 0.915. The summed E-state index contributed by atoms with van der Waals surface area (Å²) in [6, 6.07) is 4.36. The van der Waals surface area contributed by atoms with Crippen LogP contribution in [0.15, 0.2) is 22.8 Å². The molecule has 1 unspecified atom stereocenters. The van der Waals surface area contributed by atoms with Crippen LogP contribution in [0, 0.1) is 0 Å². The van der Waals surface area contributed by atoms with E-state index in [-0.39, 0.29) is 0 Å². The molecule has 0 aliphatic carbocycles. The zero-order valence-electron chi connectivity index (χ0n) is 7.16. The molecule has 0 aromatic carbocycles. The lowest BCUT2D eigenvalue weighted by Crippen LogP contribution is -2.19. The lowest BCUT2D eigenvalue weighted by Gasteiger charge is -2.10. The first kappa shape index (κ1) is 8.97. The van der Waals surface area contributed by atoms with Crippen LogP contribution in [0.5, 0.6) is 0 Å². The molecule has 0 saturated carbocycles. The summed E-state index contributed by atoms with van der Waals surface area (Å²) in [5, 5.41) is 3.31. The first-order chi connectivity index (χ1) is 6.34. The molecule has 0 bridgehead atoms. The molecule has 13 heavy (non-hydrogen) atoms. The molecule has 70 valence electrons. The number of ether oxygens (including phenoxy) is 1. The quantitative estimate of drug-likeness (QED) is 0.863. The predicted octanol–water partition coefficient (Wildman–Crippen LogP) is 2.04. The van der Waals surface area contributed by atoms with Crippen molar-refractivity contribution in [2.24, 2.45) is 0 Å². The molecular weight excluding hydrogens is 232 g/mol. The van der Waals surface area contributed by atoms with Crippen LogP contribution in [-0.4, -0.2) is 24.2 Å². The standard InChI is InChI=1S/C9H11BrN2O/c10-7-1-2-9(11-5-7)12-8-3-4-13-6-8/h1-2,5,8H,3-4,6H2,(H,11,12). The number of pyridine rings is 1. The minimum Gasteiger partial charge on any atom is -0.379 e. The molecule has 2 rings (SSSR count). The minimum absolute atomic E-state index is 0.425. The van der Waals surface area contributed by atoms with E-state index in [2.05, 4.69) is 26.2 Å². The topological polar surface area (TPSA) is 34.1 Å². The second kappa shape index (κ2) is 4.07. The maximum atomic E-state index is 5.25. The summed E-state index contributed by atoms with van der Waals surface area (Å²) < 4.78 is 6.25. The average molecular weight is 243 g/mol. The molecule has 1 saturated heterocycles. The summed E-state index contributed by atoms with van der Waals surface area (Å²) in [4.78, 5) is 4.23. The van der Waals surface area contributed by atoms with E-state index in [4.69, 9.17) is 4.74 Å².